The van der Waals surface area contributed by atoms with Gasteiger partial charge in [0.2, 0.25) is 0 Å². The highest BCUT2D eigenvalue weighted by Crippen LogP contribution is 2.34. The second-order valence-electron chi connectivity index (χ2n) is 7.47. The molecule has 1 amide bonds. The van der Waals surface area contributed by atoms with Gasteiger partial charge in [-0.25, -0.2) is 4.79 Å². The van der Waals surface area contributed by atoms with E-state index in [1.807, 2.05) is 41.8 Å². The Balaban J connectivity index is 1.73. The minimum Gasteiger partial charge on any atom is -0.493 e. The summed E-state index contributed by atoms with van der Waals surface area (Å²) in [7, 11) is 4.21. The van der Waals surface area contributed by atoms with Crippen LogP contribution < -0.4 is 14.8 Å². The number of carbonyl (C=O) groups excluding carboxylic acids is 2. The molecule has 0 aliphatic rings. The van der Waals surface area contributed by atoms with Gasteiger partial charge in [-0.15, -0.1) is 0 Å². The van der Waals surface area contributed by atoms with E-state index in [1.54, 1.807) is 12.3 Å². The fourth-order valence-electron chi connectivity index (χ4n) is 3.66. The van der Waals surface area contributed by atoms with Gasteiger partial charge in [0.25, 0.3) is 5.91 Å². The van der Waals surface area contributed by atoms with Crippen molar-refractivity contribution in [2.75, 3.05) is 26.6 Å². The van der Waals surface area contributed by atoms with Crippen LogP contribution in [0.1, 0.15) is 32.0 Å². The fourth-order valence-corrected chi connectivity index (χ4v) is 3.66. The number of amides is 1. The van der Waals surface area contributed by atoms with Crippen molar-refractivity contribution in [3.05, 3.63) is 77.2 Å². The summed E-state index contributed by atoms with van der Waals surface area (Å²) < 4.78 is 22.9. The van der Waals surface area contributed by atoms with E-state index >= 15 is 0 Å². The number of benzene rings is 2. The third-order valence-electron chi connectivity index (χ3n) is 5.39. The Morgan fingerprint density at radius 1 is 0.970 bits per heavy atom. The van der Waals surface area contributed by atoms with E-state index in [-0.39, 0.29) is 11.3 Å². The molecule has 8 heteroatoms. The molecule has 0 unspecified atom stereocenters. The summed E-state index contributed by atoms with van der Waals surface area (Å²) in [5.41, 5.74) is 4.34. The number of aromatic nitrogens is 1. The molecule has 0 spiro atoms. The Labute approximate surface area is 190 Å². The number of hydrogen-bond acceptors (Lipinski definition) is 6. The number of nitrogens with one attached hydrogen (secondary N) is 1. The SMILES string of the molecule is COC(=O)c1cc(OC)c(OC)cc1NC(=O)c1cc2occc2n1Cc1ccc(C)cc1. The predicted octanol–water partition coefficient (Wildman–Crippen LogP) is 4.65. The first kappa shape index (κ1) is 22.0. The smallest absolute Gasteiger partial charge is 0.340 e. The number of anilines is 1. The number of carbonyl (C=O) groups is 2. The number of furan rings is 1. The molecule has 170 valence electrons. The number of esters is 1. The molecule has 2 heterocycles. The highest BCUT2D eigenvalue weighted by atomic mass is 16.5. The number of hydrogen-bond donors (Lipinski definition) is 1. The van der Waals surface area contributed by atoms with Crippen LogP contribution in [-0.4, -0.2) is 37.8 Å². The number of fused-ring (bicyclic) bond motifs is 1. The average Bonchev–Trinajstić information content (AvgIpc) is 3.42. The standard InChI is InChI=1S/C25H24N2O6/c1-15-5-7-16(8-6-15)14-27-19-9-10-33-21(19)13-20(27)24(28)26-18-12-23(31-3)22(30-2)11-17(18)25(29)32-4/h5-13H,14H2,1-4H3,(H,26,28). The van der Waals surface area contributed by atoms with Crippen LogP contribution in [-0.2, 0) is 11.3 Å². The van der Waals surface area contributed by atoms with Crippen LogP contribution in [0.3, 0.4) is 0 Å². The third-order valence-corrected chi connectivity index (χ3v) is 5.39. The zero-order chi connectivity index (χ0) is 23.5. The van der Waals surface area contributed by atoms with Crippen molar-refractivity contribution >= 4 is 28.7 Å². The lowest BCUT2D eigenvalue weighted by atomic mass is 10.1. The zero-order valence-electron chi connectivity index (χ0n) is 18.8. The molecule has 8 nitrogen and oxygen atoms in total. The van der Waals surface area contributed by atoms with Crippen LogP contribution in [0.15, 0.2) is 59.2 Å². The molecule has 4 aromatic rings. The lowest BCUT2D eigenvalue weighted by Crippen LogP contribution is -2.19. The summed E-state index contributed by atoms with van der Waals surface area (Å²) >= 11 is 0. The van der Waals surface area contributed by atoms with Crippen LogP contribution in [0.5, 0.6) is 11.5 Å². The van der Waals surface area contributed by atoms with E-state index in [0.717, 1.165) is 16.6 Å². The van der Waals surface area contributed by atoms with Gasteiger partial charge in [0.05, 0.1) is 44.4 Å². The number of rotatable bonds is 7. The molecule has 0 aliphatic heterocycles. The molecule has 2 aromatic carbocycles. The van der Waals surface area contributed by atoms with Crippen molar-refractivity contribution in [3.63, 3.8) is 0 Å². The molecule has 0 fully saturated rings. The highest BCUT2D eigenvalue weighted by Gasteiger charge is 2.22. The first-order chi connectivity index (χ1) is 15.9. The van der Waals surface area contributed by atoms with Crippen LogP contribution in [0.4, 0.5) is 5.69 Å². The third kappa shape index (κ3) is 4.27. The van der Waals surface area contributed by atoms with E-state index in [0.29, 0.717) is 29.3 Å². The summed E-state index contributed by atoms with van der Waals surface area (Å²) in [6.45, 7) is 2.50. The topological polar surface area (TPSA) is 91.9 Å². The highest BCUT2D eigenvalue weighted by molar-refractivity contribution is 6.09. The lowest BCUT2D eigenvalue weighted by Gasteiger charge is -2.15. The zero-order valence-corrected chi connectivity index (χ0v) is 18.8. The first-order valence-corrected chi connectivity index (χ1v) is 10.2. The summed E-state index contributed by atoms with van der Waals surface area (Å²) in [5.74, 6) is -0.318. The van der Waals surface area contributed by atoms with Crippen molar-refractivity contribution in [1.29, 1.82) is 0 Å². The molecule has 33 heavy (non-hydrogen) atoms. The average molecular weight is 448 g/mol. The first-order valence-electron chi connectivity index (χ1n) is 10.2. The van der Waals surface area contributed by atoms with Gasteiger partial charge in [-0.1, -0.05) is 29.8 Å². The minimum atomic E-state index is -0.616. The van der Waals surface area contributed by atoms with Crippen molar-refractivity contribution in [2.24, 2.45) is 0 Å². The fraction of sp³-hybridized carbons (Fsp3) is 0.200. The van der Waals surface area contributed by atoms with Crippen LogP contribution in [0.25, 0.3) is 11.1 Å². The van der Waals surface area contributed by atoms with E-state index in [1.165, 1.54) is 33.5 Å². The predicted molar refractivity (Wildman–Crippen MR) is 123 cm³/mol. The molecule has 0 bridgehead atoms. The van der Waals surface area contributed by atoms with E-state index in [4.69, 9.17) is 18.6 Å². The van der Waals surface area contributed by atoms with Crippen molar-refractivity contribution < 1.29 is 28.2 Å². The molecule has 0 aliphatic carbocycles. The number of nitrogens with zero attached hydrogens (tertiary/aromatic N) is 1. The van der Waals surface area contributed by atoms with Gasteiger partial charge in [0.15, 0.2) is 17.1 Å². The number of aryl methyl sites for hydroxylation is 1. The van der Waals surface area contributed by atoms with E-state index in [9.17, 15) is 9.59 Å². The van der Waals surface area contributed by atoms with Crippen molar-refractivity contribution in [1.82, 2.24) is 4.57 Å². The molecule has 0 atom stereocenters. The summed E-state index contributed by atoms with van der Waals surface area (Å²) in [5, 5.41) is 2.82. The summed E-state index contributed by atoms with van der Waals surface area (Å²) in [6.07, 6.45) is 1.59. The summed E-state index contributed by atoms with van der Waals surface area (Å²) in [6, 6.07) is 14.6. The lowest BCUT2D eigenvalue weighted by molar-refractivity contribution is 0.0601. The second kappa shape index (κ2) is 9.12. The molecule has 2 aromatic heterocycles. The normalized spacial score (nSPS) is 10.8. The number of ether oxygens (including phenoxy) is 3. The Hall–Kier alpha value is -4.20. The van der Waals surface area contributed by atoms with Crippen LogP contribution in [0, 0.1) is 6.92 Å². The van der Waals surface area contributed by atoms with Gasteiger partial charge in [-0.2, -0.15) is 0 Å². The summed E-state index contributed by atoms with van der Waals surface area (Å²) in [4.78, 5) is 25.7. The Kier molecular flexibility index (Phi) is 6.08. The Morgan fingerprint density at radius 2 is 1.67 bits per heavy atom. The second-order valence-corrected chi connectivity index (χ2v) is 7.47. The van der Waals surface area contributed by atoms with Gasteiger partial charge < -0.3 is 28.5 Å². The molecule has 0 saturated carbocycles. The van der Waals surface area contributed by atoms with Gasteiger partial charge in [0, 0.05) is 30.8 Å². The molecule has 0 saturated heterocycles. The quantitative estimate of drug-likeness (QED) is 0.414. The molecule has 1 N–H and O–H groups in total. The number of methoxy groups -OCH3 is 3. The van der Waals surface area contributed by atoms with Gasteiger partial charge in [0.1, 0.15) is 5.69 Å². The largest absolute Gasteiger partial charge is 0.493 e. The van der Waals surface area contributed by atoms with E-state index in [2.05, 4.69) is 5.32 Å². The van der Waals surface area contributed by atoms with Crippen molar-refractivity contribution in [2.45, 2.75) is 13.5 Å². The molecular weight excluding hydrogens is 424 g/mol. The van der Waals surface area contributed by atoms with Crippen LogP contribution in [0.2, 0.25) is 0 Å². The van der Waals surface area contributed by atoms with Crippen molar-refractivity contribution in [3.8, 4) is 11.5 Å². The Bertz CT molecular complexity index is 1320. The maximum Gasteiger partial charge on any atom is 0.340 e. The minimum absolute atomic E-state index is 0.142. The van der Waals surface area contributed by atoms with Gasteiger partial charge >= 0.3 is 5.97 Å². The Morgan fingerprint density at radius 3 is 2.33 bits per heavy atom. The monoisotopic (exact) mass is 448 g/mol. The molecule has 0 radical (unpaired) electrons. The maximum atomic E-state index is 13.4. The van der Waals surface area contributed by atoms with Gasteiger partial charge in [-0.3, -0.25) is 4.79 Å². The van der Waals surface area contributed by atoms with E-state index < -0.39 is 11.9 Å². The molecule has 4 rings (SSSR count). The molecular formula is C25H24N2O6. The maximum absolute atomic E-state index is 13.4. The van der Waals surface area contributed by atoms with Gasteiger partial charge in [-0.05, 0) is 12.5 Å². The van der Waals surface area contributed by atoms with Crippen LogP contribution >= 0.6 is 0 Å².